The number of rotatable bonds is 1. The smallest absolute Gasteiger partial charge is 0.143 e. The number of hydrogen-bond acceptors (Lipinski definition) is 3. The molecule has 0 aromatic rings. The SMILES string of the molecule is C1NC[C@H]2C(C3=NOC4(CC4)C3)[C@@H]12. The molecule has 3 heteroatoms. The van der Waals surface area contributed by atoms with E-state index in [1.165, 1.54) is 31.6 Å². The summed E-state index contributed by atoms with van der Waals surface area (Å²) < 4.78 is 0. The van der Waals surface area contributed by atoms with Crippen molar-refractivity contribution in [3.63, 3.8) is 0 Å². The zero-order valence-corrected chi connectivity index (χ0v) is 7.62. The number of nitrogens with one attached hydrogen (secondary N) is 1. The third kappa shape index (κ3) is 0.810. The molecule has 4 aliphatic rings. The highest BCUT2D eigenvalue weighted by atomic mass is 16.7. The van der Waals surface area contributed by atoms with Gasteiger partial charge in [0.05, 0.1) is 5.71 Å². The highest BCUT2D eigenvalue weighted by Gasteiger charge is 2.60. The fourth-order valence-electron chi connectivity index (χ4n) is 3.05. The second kappa shape index (κ2) is 1.92. The minimum Gasteiger partial charge on any atom is -0.389 e. The van der Waals surface area contributed by atoms with Crippen molar-refractivity contribution in [2.75, 3.05) is 13.1 Å². The van der Waals surface area contributed by atoms with Crippen LogP contribution in [0.5, 0.6) is 0 Å². The van der Waals surface area contributed by atoms with E-state index in [1.54, 1.807) is 0 Å². The highest BCUT2D eigenvalue weighted by molar-refractivity contribution is 5.91. The lowest BCUT2D eigenvalue weighted by molar-refractivity contribution is 0.0650. The molecule has 13 heavy (non-hydrogen) atoms. The van der Waals surface area contributed by atoms with Crippen molar-refractivity contribution in [2.24, 2.45) is 22.9 Å². The average Bonchev–Trinajstić information content (AvgIpc) is 2.91. The van der Waals surface area contributed by atoms with Gasteiger partial charge in [-0.25, -0.2) is 0 Å². The lowest BCUT2D eigenvalue weighted by atomic mass is 10.1. The summed E-state index contributed by atoms with van der Waals surface area (Å²) in [5.74, 6) is 2.59. The van der Waals surface area contributed by atoms with Crippen molar-refractivity contribution in [3.05, 3.63) is 0 Å². The maximum Gasteiger partial charge on any atom is 0.143 e. The van der Waals surface area contributed by atoms with Crippen LogP contribution < -0.4 is 5.32 Å². The molecular formula is C10H14N2O. The van der Waals surface area contributed by atoms with Crippen LogP contribution in [0.3, 0.4) is 0 Å². The summed E-state index contributed by atoms with van der Waals surface area (Å²) in [7, 11) is 0. The highest BCUT2D eigenvalue weighted by Crippen LogP contribution is 2.55. The number of nitrogens with zero attached hydrogens (tertiary/aromatic N) is 1. The first-order valence-electron chi connectivity index (χ1n) is 5.34. The summed E-state index contributed by atoms with van der Waals surface area (Å²) >= 11 is 0. The van der Waals surface area contributed by atoms with E-state index in [1.807, 2.05) is 0 Å². The third-order valence-electron chi connectivity index (χ3n) is 4.14. The summed E-state index contributed by atoms with van der Waals surface area (Å²) in [5.41, 5.74) is 1.59. The lowest BCUT2D eigenvalue weighted by Crippen LogP contribution is -2.19. The maximum absolute atomic E-state index is 5.50. The summed E-state index contributed by atoms with van der Waals surface area (Å²) in [6.07, 6.45) is 3.62. The zero-order chi connectivity index (χ0) is 8.47. The van der Waals surface area contributed by atoms with E-state index in [0.717, 1.165) is 24.2 Å². The third-order valence-corrected chi connectivity index (χ3v) is 4.14. The van der Waals surface area contributed by atoms with E-state index >= 15 is 0 Å². The molecule has 0 aromatic heterocycles. The number of fused-ring (bicyclic) bond motifs is 1. The summed E-state index contributed by atoms with van der Waals surface area (Å²) in [6, 6.07) is 0. The summed E-state index contributed by atoms with van der Waals surface area (Å²) in [5, 5.41) is 7.70. The number of oxime groups is 1. The molecule has 2 aliphatic heterocycles. The molecule has 1 unspecified atom stereocenters. The normalized spacial score (nSPS) is 48.6. The molecule has 1 N–H and O–H groups in total. The average molecular weight is 178 g/mol. The van der Waals surface area contributed by atoms with Crippen LogP contribution in [0.1, 0.15) is 19.3 Å². The Morgan fingerprint density at radius 1 is 1.31 bits per heavy atom. The standard InChI is InChI=1S/C10H14N2O/c1-2-10(1)3-8(12-13-10)9-6-4-11-5-7(6)9/h6-7,9,11H,1-5H2/t6-,7+,9?. The maximum atomic E-state index is 5.50. The molecule has 1 saturated heterocycles. The Kier molecular flexibility index (Phi) is 1.01. The fourth-order valence-corrected chi connectivity index (χ4v) is 3.05. The van der Waals surface area contributed by atoms with Gasteiger partial charge in [-0.1, -0.05) is 5.16 Å². The molecule has 0 aromatic carbocycles. The van der Waals surface area contributed by atoms with Gasteiger partial charge in [0.1, 0.15) is 5.60 Å². The molecule has 0 radical (unpaired) electrons. The minimum atomic E-state index is 0.208. The van der Waals surface area contributed by atoms with Gasteiger partial charge >= 0.3 is 0 Å². The van der Waals surface area contributed by atoms with Gasteiger partial charge in [-0.3, -0.25) is 0 Å². The summed E-state index contributed by atoms with van der Waals surface area (Å²) in [4.78, 5) is 5.50. The Morgan fingerprint density at radius 2 is 2.08 bits per heavy atom. The van der Waals surface area contributed by atoms with Gasteiger partial charge in [0.25, 0.3) is 0 Å². The molecular weight excluding hydrogens is 164 g/mol. The Hall–Kier alpha value is -0.570. The van der Waals surface area contributed by atoms with Crippen molar-refractivity contribution in [1.82, 2.24) is 5.32 Å². The van der Waals surface area contributed by atoms with Gasteiger partial charge in [-0.15, -0.1) is 0 Å². The Labute approximate surface area is 77.5 Å². The molecule has 4 rings (SSSR count). The van der Waals surface area contributed by atoms with Gasteiger partial charge < -0.3 is 10.2 Å². The zero-order valence-electron chi connectivity index (χ0n) is 7.62. The van der Waals surface area contributed by atoms with E-state index in [9.17, 15) is 0 Å². The number of piperidine rings is 1. The van der Waals surface area contributed by atoms with Gasteiger partial charge in [-0.05, 0) is 37.8 Å². The van der Waals surface area contributed by atoms with E-state index < -0.39 is 0 Å². The molecule has 70 valence electrons. The second-order valence-corrected chi connectivity index (χ2v) is 5.05. The predicted octanol–water partition coefficient (Wildman–Crippen LogP) is 0.761. The monoisotopic (exact) mass is 178 g/mol. The van der Waals surface area contributed by atoms with Crippen LogP contribution in [-0.4, -0.2) is 24.4 Å². The predicted molar refractivity (Wildman–Crippen MR) is 48.4 cm³/mol. The van der Waals surface area contributed by atoms with Crippen LogP contribution in [0.25, 0.3) is 0 Å². The van der Waals surface area contributed by atoms with E-state index in [0.29, 0.717) is 0 Å². The molecule has 0 bridgehead atoms. The van der Waals surface area contributed by atoms with Crippen molar-refractivity contribution in [1.29, 1.82) is 0 Å². The fraction of sp³-hybridized carbons (Fsp3) is 0.900. The minimum absolute atomic E-state index is 0.208. The first kappa shape index (κ1) is 6.82. The van der Waals surface area contributed by atoms with Crippen LogP contribution in [-0.2, 0) is 4.84 Å². The topological polar surface area (TPSA) is 33.6 Å². The van der Waals surface area contributed by atoms with Crippen LogP contribution in [0.4, 0.5) is 0 Å². The molecule has 2 heterocycles. The van der Waals surface area contributed by atoms with Crippen molar-refractivity contribution >= 4 is 5.71 Å². The van der Waals surface area contributed by atoms with Crippen molar-refractivity contribution in [3.8, 4) is 0 Å². The quantitative estimate of drug-likeness (QED) is 0.643. The van der Waals surface area contributed by atoms with Crippen molar-refractivity contribution < 1.29 is 4.84 Å². The van der Waals surface area contributed by atoms with Gasteiger partial charge in [-0.2, -0.15) is 0 Å². The Balaban J connectivity index is 1.52. The van der Waals surface area contributed by atoms with Crippen LogP contribution in [0.15, 0.2) is 5.16 Å². The van der Waals surface area contributed by atoms with Crippen LogP contribution >= 0.6 is 0 Å². The van der Waals surface area contributed by atoms with Crippen LogP contribution in [0.2, 0.25) is 0 Å². The molecule has 0 amide bonds. The van der Waals surface area contributed by atoms with Crippen LogP contribution in [0, 0.1) is 17.8 Å². The van der Waals surface area contributed by atoms with Crippen molar-refractivity contribution in [2.45, 2.75) is 24.9 Å². The first-order valence-corrected chi connectivity index (χ1v) is 5.34. The lowest BCUT2D eigenvalue weighted by Gasteiger charge is -2.03. The second-order valence-electron chi connectivity index (χ2n) is 5.05. The Morgan fingerprint density at radius 3 is 2.69 bits per heavy atom. The summed E-state index contributed by atoms with van der Waals surface area (Å²) in [6.45, 7) is 2.42. The molecule has 2 saturated carbocycles. The molecule has 1 spiro atoms. The van der Waals surface area contributed by atoms with Gasteiger partial charge in [0.15, 0.2) is 0 Å². The first-order chi connectivity index (χ1) is 6.38. The van der Waals surface area contributed by atoms with Gasteiger partial charge in [0.2, 0.25) is 0 Å². The van der Waals surface area contributed by atoms with E-state index in [2.05, 4.69) is 10.5 Å². The molecule has 2 aliphatic carbocycles. The Bertz CT molecular complexity index is 285. The van der Waals surface area contributed by atoms with Gasteiger partial charge in [0, 0.05) is 12.3 Å². The molecule has 3 fully saturated rings. The molecule has 3 atom stereocenters. The molecule has 3 nitrogen and oxygen atoms in total. The van der Waals surface area contributed by atoms with E-state index in [4.69, 9.17) is 4.84 Å². The largest absolute Gasteiger partial charge is 0.389 e. The number of hydrogen-bond donors (Lipinski definition) is 1. The van der Waals surface area contributed by atoms with E-state index in [-0.39, 0.29) is 5.60 Å².